The molecule has 18 heavy (non-hydrogen) atoms. The number of pyridine rings is 1. The molecule has 4 heteroatoms. The van der Waals surface area contributed by atoms with Crippen LogP contribution in [0.2, 0.25) is 0 Å². The average molecular weight is 248 g/mol. The van der Waals surface area contributed by atoms with Gasteiger partial charge in [0.2, 0.25) is 0 Å². The molecule has 98 valence electrons. The van der Waals surface area contributed by atoms with Crippen molar-refractivity contribution in [3.05, 3.63) is 29.6 Å². The minimum Gasteiger partial charge on any atom is -0.480 e. The lowest BCUT2D eigenvalue weighted by molar-refractivity contribution is -0.140. The molecule has 0 radical (unpaired) electrons. The van der Waals surface area contributed by atoms with Gasteiger partial charge in [-0.2, -0.15) is 0 Å². The number of aliphatic carboxylic acids is 1. The summed E-state index contributed by atoms with van der Waals surface area (Å²) in [5, 5.41) is 12.5. The van der Waals surface area contributed by atoms with Crippen molar-refractivity contribution in [3.8, 4) is 0 Å². The molecule has 0 saturated carbocycles. The molecule has 0 fully saturated rings. The van der Waals surface area contributed by atoms with Crippen LogP contribution in [0, 0.1) is 0 Å². The summed E-state index contributed by atoms with van der Waals surface area (Å²) in [4.78, 5) is 15.6. The molecule has 0 amide bonds. The first-order valence-corrected chi connectivity index (χ1v) is 6.65. The van der Waals surface area contributed by atoms with Crippen molar-refractivity contribution in [2.75, 3.05) is 0 Å². The van der Waals surface area contributed by atoms with Crippen LogP contribution in [0.5, 0.6) is 0 Å². The number of fused-ring (bicyclic) bond motifs is 1. The zero-order chi connectivity index (χ0) is 13.0. The molecule has 2 rings (SSSR count). The Labute approximate surface area is 107 Å². The monoisotopic (exact) mass is 248 g/mol. The number of hydrogen-bond acceptors (Lipinski definition) is 3. The van der Waals surface area contributed by atoms with Crippen LogP contribution < -0.4 is 5.32 Å². The van der Waals surface area contributed by atoms with E-state index in [1.54, 1.807) is 6.20 Å². The van der Waals surface area contributed by atoms with Crippen LogP contribution in [-0.2, 0) is 11.2 Å². The van der Waals surface area contributed by atoms with Gasteiger partial charge in [-0.25, -0.2) is 0 Å². The molecule has 1 aliphatic carbocycles. The third-order valence-electron chi connectivity index (χ3n) is 3.47. The predicted octanol–water partition coefficient (Wildman–Crippen LogP) is 2.30. The predicted molar refractivity (Wildman–Crippen MR) is 69.4 cm³/mol. The van der Waals surface area contributed by atoms with E-state index in [4.69, 9.17) is 0 Å². The number of carboxylic acid groups (broad SMARTS) is 1. The summed E-state index contributed by atoms with van der Waals surface area (Å²) in [7, 11) is 0. The molecule has 1 aromatic heterocycles. The molecule has 1 heterocycles. The van der Waals surface area contributed by atoms with E-state index in [0.29, 0.717) is 6.42 Å². The lowest BCUT2D eigenvalue weighted by Gasteiger charge is -2.28. The number of aryl methyl sites for hydroxylation is 1. The van der Waals surface area contributed by atoms with Gasteiger partial charge >= 0.3 is 5.97 Å². The van der Waals surface area contributed by atoms with E-state index < -0.39 is 12.0 Å². The highest BCUT2D eigenvalue weighted by Gasteiger charge is 2.26. The Bertz CT molecular complexity index is 420. The molecule has 0 aromatic carbocycles. The van der Waals surface area contributed by atoms with Gasteiger partial charge in [-0.1, -0.05) is 19.4 Å². The van der Waals surface area contributed by atoms with Crippen molar-refractivity contribution in [2.45, 2.75) is 51.1 Å². The number of carboxylic acids is 1. The summed E-state index contributed by atoms with van der Waals surface area (Å²) in [6.45, 7) is 2.00. The third-order valence-corrected chi connectivity index (χ3v) is 3.47. The molecule has 2 atom stereocenters. The van der Waals surface area contributed by atoms with E-state index in [1.165, 1.54) is 5.56 Å². The molecular weight excluding hydrogens is 228 g/mol. The molecule has 0 bridgehead atoms. The lowest BCUT2D eigenvalue weighted by atomic mass is 9.91. The Balaban J connectivity index is 2.12. The van der Waals surface area contributed by atoms with Gasteiger partial charge in [-0.05, 0) is 37.3 Å². The molecule has 2 N–H and O–H groups in total. The average Bonchev–Trinajstić information content (AvgIpc) is 2.38. The van der Waals surface area contributed by atoms with Crippen molar-refractivity contribution in [3.63, 3.8) is 0 Å². The number of nitrogens with one attached hydrogen (secondary N) is 1. The maximum absolute atomic E-state index is 11.2. The van der Waals surface area contributed by atoms with Gasteiger partial charge < -0.3 is 5.11 Å². The second kappa shape index (κ2) is 5.96. The zero-order valence-corrected chi connectivity index (χ0v) is 10.7. The van der Waals surface area contributed by atoms with E-state index in [0.717, 1.165) is 31.4 Å². The van der Waals surface area contributed by atoms with Gasteiger partial charge in [0, 0.05) is 6.20 Å². The van der Waals surface area contributed by atoms with E-state index in [-0.39, 0.29) is 6.04 Å². The Morgan fingerprint density at radius 3 is 3.22 bits per heavy atom. The largest absolute Gasteiger partial charge is 0.480 e. The van der Waals surface area contributed by atoms with Gasteiger partial charge in [-0.3, -0.25) is 15.1 Å². The molecule has 1 aromatic rings. The number of carbonyl (C=O) groups is 1. The second-order valence-corrected chi connectivity index (χ2v) is 4.84. The van der Waals surface area contributed by atoms with Gasteiger partial charge in [0.25, 0.3) is 0 Å². The third kappa shape index (κ3) is 2.88. The first-order valence-electron chi connectivity index (χ1n) is 6.65. The first-order chi connectivity index (χ1) is 8.72. The lowest BCUT2D eigenvalue weighted by Crippen LogP contribution is -2.40. The fourth-order valence-electron chi connectivity index (χ4n) is 2.58. The summed E-state index contributed by atoms with van der Waals surface area (Å²) in [6, 6.07) is 3.66. The summed E-state index contributed by atoms with van der Waals surface area (Å²) in [5.74, 6) is -0.764. The van der Waals surface area contributed by atoms with Crippen molar-refractivity contribution >= 4 is 5.97 Å². The van der Waals surface area contributed by atoms with Crippen LogP contribution in [0.4, 0.5) is 0 Å². The zero-order valence-electron chi connectivity index (χ0n) is 10.7. The summed E-state index contributed by atoms with van der Waals surface area (Å²) in [6.07, 6.45) is 6.42. The number of rotatable bonds is 5. The number of hydrogen-bond donors (Lipinski definition) is 2. The quantitative estimate of drug-likeness (QED) is 0.839. The van der Waals surface area contributed by atoms with Crippen molar-refractivity contribution in [1.82, 2.24) is 10.3 Å². The normalized spacial score (nSPS) is 20.2. The highest BCUT2D eigenvalue weighted by atomic mass is 16.4. The highest BCUT2D eigenvalue weighted by molar-refractivity contribution is 5.73. The van der Waals surface area contributed by atoms with Crippen LogP contribution in [0.15, 0.2) is 18.3 Å². The topological polar surface area (TPSA) is 62.2 Å². The number of aromatic nitrogens is 1. The number of nitrogens with zero attached hydrogens (tertiary/aromatic N) is 1. The van der Waals surface area contributed by atoms with Gasteiger partial charge in [0.1, 0.15) is 6.04 Å². The summed E-state index contributed by atoms with van der Waals surface area (Å²) in [5.41, 5.74) is 2.29. The Kier molecular flexibility index (Phi) is 4.31. The van der Waals surface area contributed by atoms with Crippen LogP contribution in [-0.4, -0.2) is 22.1 Å². The van der Waals surface area contributed by atoms with Crippen molar-refractivity contribution < 1.29 is 9.90 Å². The minimum absolute atomic E-state index is 0.0857. The van der Waals surface area contributed by atoms with Crippen LogP contribution in [0.25, 0.3) is 0 Å². The summed E-state index contributed by atoms with van der Waals surface area (Å²) < 4.78 is 0. The fraction of sp³-hybridized carbons (Fsp3) is 0.571. The molecule has 2 unspecified atom stereocenters. The van der Waals surface area contributed by atoms with E-state index in [2.05, 4.69) is 16.4 Å². The molecule has 1 aliphatic rings. The van der Waals surface area contributed by atoms with Crippen molar-refractivity contribution in [1.29, 1.82) is 0 Å². The van der Waals surface area contributed by atoms with E-state index in [9.17, 15) is 9.90 Å². The van der Waals surface area contributed by atoms with Crippen LogP contribution in [0.3, 0.4) is 0 Å². The van der Waals surface area contributed by atoms with Gasteiger partial charge in [-0.15, -0.1) is 0 Å². The van der Waals surface area contributed by atoms with Crippen LogP contribution >= 0.6 is 0 Å². The van der Waals surface area contributed by atoms with E-state index in [1.807, 2.05) is 13.0 Å². The molecule has 4 nitrogen and oxygen atoms in total. The molecule has 0 saturated heterocycles. The maximum atomic E-state index is 11.2. The smallest absolute Gasteiger partial charge is 0.320 e. The van der Waals surface area contributed by atoms with Gasteiger partial charge in [0.05, 0.1) is 11.7 Å². The Hall–Kier alpha value is -1.42. The molecular formula is C14H20N2O2. The maximum Gasteiger partial charge on any atom is 0.320 e. The first kappa shape index (κ1) is 13.0. The van der Waals surface area contributed by atoms with Crippen molar-refractivity contribution in [2.24, 2.45) is 0 Å². The van der Waals surface area contributed by atoms with Crippen LogP contribution in [0.1, 0.15) is 49.9 Å². The highest BCUT2D eigenvalue weighted by Crippen LogP contribution is 2.28. The second-order valence-electron chi connectivity index (χ2n) is 4.84. The Morgan fingerprint density at radius 1 is 1.67 bits per heavy atom. The van der Waals surface area contributed by atoms with Gasteiger partial charge in [0.15, 0.2) is 0 Å². The fourth-order valence-corrected chi connectivity index (χ4v) is 2.58. The standard InChI is InChI=1S/C14H20N2O2/c1-2-5-12(14(17)18)16-11-8-3-6-10-7-4-9-15-13(10)11/h4,7,9,11-12,16H,2-3,5-6,8H2,1H3,(H,17,18). The molecule has 0 aliphatic heterocycles. The Morgan fingerprint density at radius 2 is 2.50 bits per heavy atom. The summed E-state index contributed by atoms with van der Waals surface area (Å²) >= 11 is 0. The minimum atomic E-state index is -0.764. The SMILES string of the molecule is CCCC(NC1CCCc2cccnc21)C(=O)O. The van der Waals surface area contributed by atoms with E-state index >= 15 is 0 Å². The molecule has 0 spiro atoms.